The normalized spacial score (nSPS) is 27.1. The zero-order chi connectivity index (χ0) is 11.5. The molecule has 0 N–H and O–H groups in total. The number of hydrogen-bond acceptors (Lipinski definition) is 3. The molecule has 16 heavy (non-hydrogen) atoms. The van der Waals surface area contributed by atoms with E-state index in [1.807, 2.05) is 11.9 Å². The molecule has 1 atom stereocenters. The van der Waals surface area contributed by atoms with Gasteiger partial charge < -0.3 is 9.64 Å². The Hall–Kier alpha value is -0.900. The highest BCUT2D eigenvalue weighted by Gasteiger charge is 2.31. The summed E-state index contributed by atoms with van der Waals surface area (Å²) < 4.78 is 5.23. The van der Waals surface area contributed by atoms with Crippen LogP contribution < -0.4 is 0 Å². The summed E-state index contributed by atoms with van der Waals surface area (Å²) in [5.74, 6) is 0.570. The van der Waals surface area contributed by atoms with Crippen LogP contribution >= 0.6 is 0 Å². The summed E-state index contributed by atoms with van der Waals surface area (Å²) in [5.41, 5.74) is 0. The Morgan fingerprint density at radius 2 is 2.00 bits per heavy atom. The summed E-state index contributed by atoms with van der Waals surface area (Å²) >= 11 is 0. The van der Waals surface area contributed by atoms with E-state index in [0.717, 1.165) is 19.3 Å². The molecule has 2 fully saturated rings. The van der Waals surface area contributed by atoms with Crippen LogP contribution in [0, 0.1) is 5.92 Å². The molecule has 1 aliphatic carbocycles. The van der Waals surface area contributed by atoms with Gasteiger partial charge in [-0.25, -0.2) is 0 Å². The van der Waals surface area contributed by atoms with Crippen molar-refractivity contribution in [3.8, 4) is 0 Å². The van der Waals surface area contributed by atoms with E-state index in [4.69, 9.17) is 4.74 Å². The summed E-state index contributed by atoms with van der Waals surface area (Å²) in [6, 6.07) is 0.255. The van der Waals surface area contributed by atoms with E-state index in [2.05, 4.69) is 0 Å². The van der Waals surface area contributed by atoms with Crippen molar-refractivity contribution >= 4 is 11.7 Å². The van der Waals surface area contributed by atoms with Gasteiger partial charge in [0.05, 0.1) is 12.5 Å². The number of ether oxygens (including phenoxy) is 1. The van der Waals surface area contributed by atoms with E-state index in [-0.39, 0.29) is 17.9 Å². The minimum atomic E-state index is 0.0441. The summed E-state index contributed by atoms with van der Waals surface area (Å²) in [7, 11) is 1.86. The first kappa shape index (κ1) is 11.6. The molecule has 0 radical (unpaired) electrons. The highest BCUT2D eigenvalue weighted by molar-refractivity contribution is 5.81. The quantitative estimate of drug-likeness (QED) is 0.704. The molecular weight excluding hydrogens is 206 g/mol. The molecule has 0 spiro atoms. The summed E-state index contributed by atoms with van der Waals surface area (Å²) in [6.45, 7) is 1.27. The Bertz CT molecular complexity index is 274. The number of Topliss-reactive ketones (excluding diaryl/α,β-unsaturated/α-hetero) is 1. The van der Waals surface area contributed by atoms with Gasteiger partial charge >= 0.3 is 0 Å². The number of nitrogens with zero attached hydrogens (tertiary/aromatic N) is 1. The molecule has 1 unspecified atom stereocenters. The maximum Gasteiger partial charge on any atom is 0.228 e. The number of rotatable bonds is 2. The van der Waals surface area contributed by atoms with Crippen LogP contribution in [0.25, 0.3) is 0 Å². The van der Waals surface area contributed by atoms with Gasteiger partial charge in [-0.1, -0.05) is 0 Å². The molecule has 2 rings (SSSR count). The first-order valence-corrected chi connectivity index (χ1v) is 6.04. The van der Waals surface area contributed by atoms with Gasteiger partial charge in [-0.3, -0.25) is 9.59 Å². The van der Waals surface area contributed by atoms with Crippen LogP contribution in [0.2, 0.25) is 0 Å². The van der Waals surface area contributed by atoms with Crippen LogP contribution in [-0.2, 0) is 14.3 Å². The van der Waals surface area contributed by atoms with Gasteiger partial charge in [-0.2, -0.15) is 0 Å². The van der Waals surface area contributed by atoms with Crippen molar-refractivity contribution in [2.45, 2.75) is 38.1 Å². The fourth-order valence-corrected chi connectivity index (χ4v) is 2.51. The highest BCUT2D eigenvalue weighted by atomic mass is 16.5. The lowest BCUT2D eigenvalue weighted by atomic mass is 9.92. The smallest absolute Gasteiger partial charge is 0.228 e. The Balaban J connectivity index is 1.88. The average molecular weight is 225 g/mol. The summed E-state index contributed by atoms with van der Waals surface area (Å²) in [4.78, 5) is 25.1. The van der Waals surface area contributed by atoms with Crippen molar-refractivity contribution < 1.29 is 14.3 Å². The Morgan fingerprint density at radius 1 is 1.31 bits per heavy atom. The van der Waals surface area contributed by atoms with Crippen molar-refractivity contribution in [2.75, 3.05) is 20.3 Å². The lowest BCUT2D eigenvalue weighted by Gasteiger charge is -2.32. The van der Waals surface area contributed by atoms with Crippen molar-refractivity contribution in [2.24, 2.45) is 5.92 Å². The topological polar surface area (TPSA) is 46.6 Å². The third kappa shape index (κ3) is 2.43. The van der Waals surface area contributed by atoms with E-state index in [1.165, 1.54) is 0 Å². The van der Waals surface area contributed by atoms with Crippen LogP contribution in [0.3, 0.4) is 0 Å². The SMILES string of the molecule is CN(C(=O)C1CCOC1)C1CCC(=O)CC1. The van der Waals surface area contributed by atoms with Crippen LogP contribution in [0.1, 0.15) is 32.1 Å². The van der Waals surface area contributed by atoms with Crippen LogP contribution in [-0.4, -0.2) is 42.9 Å². The third-order valence-electron chi connectivity index (χ3n) is 3.69. The first-order chi connectivity index (χ1) is 7.68. The van der Waals surface area contributed by atoms with E-state index < -0.39 is 0 Å². The predicted octanol–water partition coefficient (Wildman–Crippen LogP) is 0.993. The number of ketones is 1. The van der Waals surface area contributed by atoms with Gasteiger partial charge in [0.15, 0.2) is 0 Å². The maximum atomic E-state index is 12.1. The Kier molecular flexibility index (Phi) is 3.59. The molecule has 4 heteroatoms. The first-order valence-electron chi connectivity index (χ1n) is 6.04. The number of amides is 1. The lowest BCUT2D eigenvalue weighted by molar-refractivity contribution is -0.138. The molecule has 0 bridgehead atoms. The van der Waals surface area contributed by atoms with Gasteiger partial charge in [0.1, 0.15) is 5.78 Å². The van der Waals surface area contributed by atoms with E-state index >= 15 is 0 Å². The van der Waals surface area contributed by atoms with E-state index in [9.17, 15) is 9.59 Å². The second-order valence-corrected chi connectivity index (χ2v) is 4.78. The fraction of sp³-hybridized carbons (Fsp3) is 0.833. The number of carbonyl (C=O) groups excluding carboxylic acids is 2. The molecule has 1 saturated carbocycles. The van der Waals surface area contributed by atoms with Crippen LogP contribution in [0.15, 0.2) is 0 Å². The van der Waals surface area contributed by atoms with E-state index in [0.29, 0.717) is 31.8 Å². The monoisotopic (exact) mass is 225 g/mol. The zero-order valence-corrected chi connectivity index (χ0v) is 9.78. The second kappa shape index (κ2) is 4.95. The van der Waals surface area contributed by atoms with Gasteiger partial charge in [0.2, 0.25) is 5.91 Å². The van der Waals surface area contributed by atoms with Gasteiger partial charge in [-0.15, -0.1) is 0 Å². The number of hydrogen-bond donors (Lipinski definition) is 0. The second-order valence-electron chi connectivity index (χ2n) is 4.78. The van der Waals surface area contributed by atoms with E-state index in [1.54, 1.807) is 0 Å². The standard InChI is InChI=1S/C12H19NO3/c1-13(10-2-4-11(14)5-3-10)12(15)9-6-7-16-8-9/h9-10H,2-8H2,1H3. The summed E-state index contributed by atoms with van der Waals surface area (Å²) in [5, 5.41) is 0. The van der Waals surface area contributed by atoms with Crippen LogP contribution in [0.5, 0.6) is 0 Å². The molecule has 1 aliphatic heterocycles. The average Bonchev–Trinajstić information content (AvgIpc) is 2.81. The predicted molar refractivity (Wildman–Crippen MR) is 59.0 cm³/mol. The molecule has 4 nitrogen and oxygen atoms in total. The van der Waals surface area contributed by atoms with Gasteiger partial charge in [0, 0.05) is 32.5 Å². The zero-order valence-electron chi connectivity index (χ0n) is 9.78. The molecule has 90 valence electrons. The maximum absolute atomic E-state index is 12.1. The Labute approximate surface area is 95.9 Å². The molecule has 0 aromatic heterocycles. The highest BCUT2D eigenvalue weighted by Crippen LogP contribution is 2.23. The van der Waals surface area contributed by atoms with Crippen molar-refractivity contribution in [1.82, 2.24) is 4.90 Å². The Morgan fingerprint density at radius 3 is 2.56 bits per heavy atom. The molecular formula is C12H19NO3. The van der Waals surface area contributed by atoms with Gasteiger partial charge in [-0.05, 0) is 19.3 Å². The van der Waals surface area contributed by atoms with Crippen LogP contribution in [0.4, 0.5) is 0 Å². The minimum absolute atomic E-state index is 0.0441. The fourth-order valence-electron chi connectivity index (χ4n) is 2.51. The third-order valence-corrected chi connectivity index (χ3v) is 3.69. The molecule has 2 aliphatic rings. The number of carbonyl (C=O) groups is 2. The largest absolute Gasteiger partial charge is 0.381 e. The van der Waals surface area contributed by atoms with Gasteiger partial charge in [0.25, 0.3) is 0 Å². The molecule has 0 aromatic rings. The molecule has 1 saturated heterocycles. The van der Waals surface area contributed by atoms with Crippen molar-refractivity contribution in [3.05, 3.63) is 0 Å². The van der Waals surface area contributed by atoms with Crippen molar-refractivity contribution in [1.29, 1.82) is 0 Å². The molecule has 1 amide bonds. The molecule has 1 heterocycles. The minimum Gasteiger partial charge on any atom is -0.381 e. The lowest BCUT2D eigenvalue weighted by Crippen LogP contribution is -2.42. The summed E-state index contributed by atoms with van der Waals surface area (Å²) in [6.07, 6.45) is 3.75. The molecule has 0 aromatic carbocycles. The van der Waals surface area contributed by atoms with Crippen molar-refractivity contribution in [3.63, 3.8) is 0 Å².